The normalized spacial score (nSPS) is 13.2. The van der Waals surface area contributed by atoms with Gasteiger partial charge >= 0.3 is 0 Å². The van der Waals surface area contributed by atoms with Crippen LogP contribution in [0.1, 0.15) is 29.5 Å². The number of ether oxygens (including phenoxy) is 1. The predicted molar refractivity (Wildman–Crippen MR) is 132 cm³/mol. The second kappa shape index (κ2) is 12.5. The molecule has 1 fully saturated rings. The van der Waals surface area contributed by atoms with E-state index in [0.29, 0.717) is 36.4 Å². The van der Waals surface area contributed by atoms with E-state index < -0.39 is 0 Å². The second-order valence-electron chi connectivity index (χ2n) is 7.46. The molecule has 0 heterocycles. The van der Waals surface area contributed by atoms with Crippen LogP contribution in [0.25, 0.3) is 0 Å². The summed E-state index contributed by atoms with van der Waals surface area (Å²) in [5.74, 6) is 1.07. The van der Waals surface area contributed by atoms with Gasteiger partial charge in [-0.25, -0.2) is 4.39 Å². The summed E-state index contributed by atoms with van der Waals surface area (Å²) in [6.45, 7) is 2.99. The monoisotopic (exact) mass is 540 g/mol. The summed E-state index contributed by atoms with van der Waals surface area (Å²) in [6, 6.07) is 13.3. The van der Waals surface area contributed by atoms with E-state index in [-0.39, 0.29) is 42.3 Å². The number of benzene rings is 2. The highest BCUT2D eigenvalue weighted by Crippen LogP contribution is 2.18. The summed E-state index contributed by atoms with van der Waals surface area (Å²) >= 11 is 0. The number of rotatable bonds is 9. The Hall–Kier alpha value is -2.36. The van der Waals surface area contributed by atoms with Crippen molar-refractivity contribution in [3.63, 3.8) is 0 Å². The lowest BCUT2D eigenvalue weighted by Crippen LogP contribution is -2.37. The Morgan fingerprint density at radius 3 is 2.48 bits per heavy atom. The zero-order valence-electron chi connectivity index (χ0n) is 17.9. The number of aliphatic imine (C=N–C) groups is 1. The topological polar surface area (TPSA) is 74.8 Å². The van der Waals surface area contributed by atoms with Crippen LogP contribution < -0.4 is 20.7 Å². The number of hydrogen-bond acceptors (Lipinski definition) is 3. The molecule has 0 aromatic heterocycles. The molecule has 0 spiro atoms. The van der Waals surface area contributed by atoms with Gasteiger partial charge in [0.2, 0.25) is 0 Å². The molecule has 0 unspecified atom stereocenters. The zero-order chi connectivity index (χ0) is 21.3. The van der Waals surface area contributed by atoms with Crippen LogP contribution in [-0.2, 0) is 17.8 Å². The number of halogens is 2. The van der Waals surface area contributed by atoms with Crippen molar-refractivity contribution < 1.29 is 13.9 Å². The van der Waals surface area contributed by atoms with Crippen LogP contribution in [0.2, 0.25) is 0 Å². The smallest absolute Gasteiger partial charge is 0.258 e. The Balaban J connectivity index is 0.00000341. The third-order valence-corrected chi connectivity index (χ3v) is 4.86. The van der Waals surface area contributed by atoms with Crippen molar-refractivity contribution in [2.24, 2.45) is 4.99 Å². The van der Waals surface area contributed by atoms with E-state index in [1.165, 1.54) is 6.07 Å². The molecule has 2 aromatic rings. The number of carbonyl (C=O) groups is 1. The minimum absolute atomic E-state index is 0. The number of guanidine groups is 1. The van der Waals surface area contributed by atoms with Crippen LogP contribution in [0.5, 0.6) is 5.75 Å². The average molecular weight is 540 g/mol. The summed E-state index contributed by atoms with van der Waals surface area (Å²) in [7, 11) is 1.70. The van der Waals surface area contributed by atoms with E-state index in [1.54, 1.807) is 20.0 Å². The van der Waals surface area contributed by atoms with Gasteiger partial charge < -0.3 is 20.7 Å². The van der Waals surface area contributed by atoms with Gasteiger partial charge in [0.1, 0.15) is 11.6 Å². The fourth-order valence-electron chi connectivity index (χ4n) is 2.88. The Morgan fingerprint density at radius 1 is 1.13 bits per heavy atom. The standard InChI is InChI=1S/C23H29FN4O2.HI/c1-16-3-4-18(13-21(16)24)14-27-23(25-2)26-12-11-17-5-9-20(10-6-17)30-15-22(29)28-19-7-8-19;/h3-6,9-10,13,19H,7-8,11-12,14-15H2,1-2H3,(H,28,29)(H2,25,26,27);1H. The maximum Gasteiger partial charge on any atom is 0.258 e. The molecular weight excluding hydrogens is 510 g/mol. The van der Waals surface area contributed by atoms with E-state index >= 15 is 0 Å². The summed E-state index contributed by atoms with van der Waals surface area (Å²) in [5.41, 5.74) is 2.65. The maximum absolute atomic E-state index is 13.6. The first-order valence-corrected chi connectivity index (χ1v) is 10.2. The summed E-state index contributed by atoms with van der Waals surface area (Å²) in [5, 5.41) is 9.34. The van der Waals surface area contributed by atoms with E-state index in [2.05, 4.69) is 20.9 Å². The number of nitrogens with one attached hydrogen (secondary N) is 3. The van der Waals surface area contributed by atoms with Crippen LogP contribution in [0.3, 0.4) is 0 Å². The number of aryl methyl sites for hydroxylation is 1. The van der Waals surface area contributed by atoms with Crippen molar-refractivity contribution in [2.45, 2.75) is 38.8 Å². The van der Waals surface area contributed by atoms with E-state index in [9.17, 15) is 9.18 Å². The molecule has 6 nitrogen and oxygen atoms in total. The van der Waals surface area contributed by atoms with Gasteiger partial charge in [0.05, 0.1) is 0 Å². The third-order valence-electron chi connectivity index (χ3n) is 4.86. The molecule has 168 valence electrons. The van der Waals surface area contributed by atoms with Crippen molar-refractivity contribution in [3.05, 3.63) is 65.0 Å². The molecule has 0 bridgehead atoms. The molecule has 0 saturated heterocycles. The first kappa shape index (κ1) is 24.9. The molecule has 8 heteroatoms. The van der Waals surface area contributed by atoms with E-state index in [1.807, 2.05) is 30.3 Å². The molecular formula is C23H30FIN4O2. The van der Waals surface area contributed by atoms with E-state index in [0.717, 1.165) is 30.4 Å². The van der Waals surface area contributed by atoms with Crippen molar-refractivity contribution in [3.8, 4) is 5.75 Å². The average Bonchev–Trinajstić information content (AvgIpc) is 3.56. The van der Waals surface area contributed by atoms with Crippen LogP contribution in [0.15, 0.2) is 47.5 Å². The van der Waals surface area contributed by atoms with Crippen LogP contribution in [0, 0.1) is 12.7 Å². The fourth-order valence-corrected chi connectivity index (χ4v) is 2.88. The van der Waals surface area contributed by atoms with Gasteiger partial charge in [-0.15, -0.1) is 24.0 Å². The highest BCUT2D eigenvalue weighted by atomic mass is 127. The molecule has 1 amide bonds. The Morgan fingerprint density at radius 2 is 1.84 bits per heavy atom. The largest absolute Gasteiger partial charge is 0.484 e. The summed E-state index contributed by atoms with van der Waals surface area (Å²) < 4.78 is 19.2. The first-order chi connectivity index (χ1) is 14.5. The minimum Gasteiger partial charge on any atom is -0.484 e. The van der Waals surface area contributed by atoms with Crippen LogP contribution in [-0.4, -0.2) is 38.1 Å². The van der Waals surface area contributed by atoms with Gasteiger partial charge in [0.15, 0.2) is 12.6 Å². The molecule has 3 rings (SSSR count). The van der Waals surface area contributed by atoms with Crippen molar-refractivity contribution in [2.75, 3.05) is 20.2 Å². The number of hydrogen-bond donors (Lipinski definition) is 3. The maximum atomic E-state index is 13.6. The third kappa shape index (κ3) is 8.72. The van der Waals surface area contributed by atoms with Gasteiger partial charge in [-0.1, -0.05) is 24.3 Å². The molecule has 0 atom stereocenters. The second-order valence-corrected chi connectivity index (χ2v) is 7.46. The lowest BCUT2D eigenvalue weighted by molar-refractivity contribution is -0.123. The molecule has 1 aliphatic rings. The SMILES string of the molecule is CN=C(NCCc1ccc(OCC(=O)NC2CC2)cc1)NCc1ccc(C)c(F)c1.I. The first-order valence-electron chi connectivity index (χ1n) is 10.2. The van der Waals surface area contributed by atoms with Crippen LogP contribution >= 0.6 is 24.0 Å². The number of carbonyl (C=O) groups excluding carboxylic acids is 1. The summed E-state index contributed by atoms with van der Waals surface area (Å²) in [4.78, 5) is 15.9. The molecule has 31 heavy (non-hydrogen) atoms. The van der Waals surface area contributed by atoms with E-state index in [4.69, 9.17) is 4.74 Å². The molecule has 2 aromatic carbocycles. The molecule has 1 saturated carbocycles. The lowest BCUT2D eigenvalue weighted by Gasteiger charge is -2.12. The predicted octanol–water partition coefficient (Wildman–Crippen LogP) is 3.32. The summed E-state index contributed by atoms with van der Waals surface area (Å²) in [6.07, 6.45) is 2.94. The lowest BCUT2D eigenvalue weighted by atomic mass is 10.1. The molecule has 3 N–H and O–H groups in total. The Labute approximate surface area is 200 Å². The number of nitrogens with zero attached hydrogens (tertiary/aromatic N) is 1. The fraction of sp³-hybridized carbons (Fsp3) is 0.391. The minimum atomic E-state index is -0.201. The van der Waals surface area contributed by atoms with Crippen molar-refractivity contribution in [1.29, 1.82) is 0 Å². The van der Waals surface area contributed by atoms with Gasteiger partial charge in [0, 0.05) is 26.2 Å². The number of amides is 1. The zero-order valence-corrected chi connectivity index (χ0v) is 20.2. The Bertz CT molecular complexity index is 886. The quantitative estimate of drug-likeness (QED) is 0.259. The molecule has 0 aliphatic heterocycles. The Kier molecular flexibility index (Phi) is 10.0. The van der Waals surface area contributed by atoms with Gasteiger partial charge in [-0.3, -0.25) is 9.79 Å². The molecule has 1 aliphatic carbocycles. The van der Waals surface area contributed by atoms with Crippen molar-refractivity contribution >= 4 is 35.8 Å². The highest BCUT2D eigenvalue weighted by molar-refractivity contribution is 14.0. The van der Waals surface area contributed by atoms with Gasteiger partial charge in [0.25, 0.3) is 5.91 Å². The van der Waals surface area contributed by atoms with Gasteiger partial charge in [-0.2, -0.15) is 0 Å². The van der Waals surface area contributed by atoms with Crippen molar-refractivity contribution in [1.82, 2.24) is 16.0 Å². The van der Waals surface area contributed by atoms with Gasteiger partial charge in [-0.05, 0) is 61.1 Å². The van der Waals surface area contributed by atoms with Crippen LogP contribution in [0.4, 0.5) is 4.39 Å². The highest BCUT2D eigenvalue weighted by Gasteiger charge is 2.23. The molecule has 0 radical (unpaired) electrons.